The molecule has 37 heavy (non-hydrogen) atoms. The van der Waals surface area contributed by atoms with Gasteiger partial charge < -0.3 is 9.13 Å². The van der Waals surface area contributed by atoms with Crippen molar-refractivity contribution in [2.75, 3.05) is 0 Å². The summed E-state index contributed by atoms with van der Waals surface area (Å²) in [6.07, 6.45) is 2.15. The summed E-state index contributed by atoms with van der Waals surface area (Å²) >= 11 is 0. The summed E-state index contributed by atoms with van der Waals surface area (Å²) in [7, 11) is -0.843. The van der Waals surface area contributed by atoms with Gasteiger partial charge >= 0.3 is 0 Å². The molecule has 2 nitrogen and oxygen atoms in total. The minimum absolute atomic E-state index is 0.843. The third-order valence-electron chi connectivity index (χ3n) is 7.31. The number of fused-ring (bicyclic) bond motifs is 2. The zero-order chi connectivity index (χ0) is 25.5. The number of nitrogens with zero attached hydrogens (tertiary/aromatic N) is 2. The molecule has 0 amide bonds. The van der Waals surface area contributed by atoms with Gasteiger partial charge in [-0.2, -0.15) is 0 Å². The molecule has 0 radical (unpaired) electrons. The Labute approximate surface area is 222 Å². The van der Waals surface area contributed by atoms with Gasteiger partial charge in [0.05, 0.1) is 8.80 Å². The van der Waals surface area contributed by atoms with Gasteiger partial charge in [0.2, 0.25) is 0 Å². The van der Waals surface area contributed by atoms with Crippen LogP contribution in [0.15, 0.2) is 128 Å². The number of hydrogen-bond donors (Lipinski definition) is 0. The highest BCUT2D eigenvalue weighted by atomic mass is 28.3. The first-order chi connectivity index (χ1) is 18.3. The van der Waals surface area contributed by atoms with Gasteiger partial charge in [0.1, 0.15) is 0 Å². The van der Waals surface area contributed by atoms with Gasteiger partial charge in [-0.05, 0) is 51.5 Å². The van der Waals surface area contributed by atoms with Crippen LogP contribution in [0.25, 0.3) is 21.8 Å². The van der Waals surface area contributed by atoms with Crippen LogP contribution in [0, 0.1) is 0 Å². The highest BCUT2D eigenvalue weighted by molar-refractivity contribution is 6.72. The fraction of sp³-hybridized carbons (Fsp3) is 0.176. The Balaban J connectivity index is 0.000000157. The van der Waals surface area contributed by atoms with Crippen LogP contribution in [0.4, 0.5) is 0 Å². The molecule has 0 saturated carbocycles. The maximum atomic E-state index is 2.56. The lowest BCUT2D eigenvalue weighted by Crippen LogP contribution is -2.34. The average molecular weight is 501 g/mol. The van der Waals surface area contributed by atoms with E-state index in [9.17, 15) is 0 Å². The summed E-state index contributed by atoms with van der Waals surface area (Å²) < 4.78 is 4.85. The summed E-state index contributed by atoms with van der Waals surface area (Å²) in [6, 6.07) is 45.9. The van der Waals surface area contributed by atoms with E-state index in [2.05, 4.69) is 151 Å². The molecule has 0 fully saturated rings. The Morgan fingerprint density at radius 2 is 1.08 bits per heavy atom. The van der Waals surface area contributed by atoms with Gasteiger partial charge in [0.25, 0.3) is 0 Å². The molecule has 2 aromatic heterocycles. The van der Waals surface area contributed by atoms with Crippen LogP contribution in [-0.4, -0.2) is 17.9 Å². The van der Waals surface area contributed by atoms with Crippen LogP contribution in [0.1, 0.15) is 25.0 Å². The standard InChI is InChI=1S/C19H23NSi.C15H13N/c1-3-21(4-2)19-14-17-12-8-9-13-18(17)20(19)15-16-10-6-5-7-11-16;1-2-6-13(7-3-1)12-16-11-10-14-8-4-5-9-15(14)16/h5-14,21H,3-4,15H2,1-2H3;1-11H,12H2. The normalized spacial score (nSPS) is 11.1. The van der Waals surface area contributed by atoms with E-state index >= 15 is 0 Å². The molecule has 0 spiro atoms. The van der Waals surface area contributed by atoms with Crippen molar-refractivity contribution in [2.24, 2.45) is 0 Å². The van der Waals surface area contributed by atoms with E-state index in [1.54, 1.807) is 5.32 Å². The summed E-state index contributed by atoms with van der Waals surface area (Å²) in [5, 5.41) is 4.31. The predicted molar refractivity (Wildman–Crippen MR) is 163 cm³/mol. The van der Waals surface area contributed by atoms with Crippen molar-refractivity contribution >= 4 is 35.9 Å². The molecule has 0 aliphatic rings. The highest BCUT2D eigenvalue weighted by Crippen LogP contribution is 2.18. The SMILES string of the molecule is CC[SiH](CC)c1cc2ccccc2n1Cc1ccccc1.c1ccc(Cn2ccc3ccccc32)cc1. The van der Waals surface area contributed by atoms with Crippen LogP contribution >= 0.6 is 0 Å². The molecule has 6 rings (SSSR count). The van der Waals surface area contributed by atoms with E-state index in [1.807, 2.05) is 0 Å². The van der Waals surface area contributed by atoms with Gasteiger partial charge in [-0.15, -0.1) is 0 Å². The van der Waals surface area contributed by atoms with Crippen molar-refractivity contribution in [2.45, 2.75) is 39.0 Å². The third kappa shape index (κ3) is 5.78. The van der Waals surface area contributed by atoms with Crippen LogP contribution in [-0.2, 0) is 13.1 Å². The first kappa shape index (κ1) is 24.9. The Bertz CT molecular complexity index is 1540. The number of para-hydroxylation sites is 2. The molecule has 0 bridgehead atoms. The molecule has 0 N–H and O–H groups in total. The highest BCUT2D eigenvalue weighted by Gasteiger charge is 2.16. The van der Waals surface area contributed by atoms with Crippen molar-refractivity contribution in [1.29, 1.82) is 0 Å². The van der Waals surface area contributed by atoms with E-state index in [1.165, 1.54) is 45.0 Å². The Morgan fingerprint density at radius 3 is 1.73 bits per heavy atom. The lowest BCUT2D eigenvalue weighted by Gasteiger charge is -2.16. The van der Waals surface area contributed by atoms with Crippen molar-refractivity contribution < 1.29 is 0 Å². The van der Waals surface area contributed by atoms with E-state index in [-0.39, 0.29) is 0 Å². The molecule has 0 atom stereocenters. The monoisotopic (exact) mass is 500 g/mol. The Kier molecular flexibility index (Phi) is 8.02. The predicted octanol–water partition coefficient (Wildman–Crippen LogP) is 7.85. The Hall–Kier alpha value is -3.82. The van der Waals surface area contributed by atoms with Gasteiger partial charge in [0, 0.05) is 30.3 Å². The zero-order valence-corrected chi connectivity index (χ0v) is 23.1. The van der Waals surface area contributed by atoms with Crippen LogP contribution in [0.2, 0.25) is 12.1 Å². The number of rotatable bonds is 7. The van der Waals surface area contributed by atoms with E-state index in [0.717, 1.165) is 13.1 Å². The summed E-state index contributed by atoms with van der Waals surface area (Å²) in [6.45, 7) is 6.64. The largest absolute Gasteiger partial charge is 0.344 e. The molecule has 0 unspecified atom stereocenters. The van der Waals surface area contributed by atoms with Crippen molar-refractivity contribution in [1.82, 2.24) is 9.13 Å². The molecule has 0 saturated heterocycles. The minimum Gasteiger partial charge on any atom is -0.344 e. The molecule has 2 heterocycles. The average Bonchev–Trinajstić information content (AvgIpc) is 3.53. The van der Waals surface area contributed by atoms with Crippen LogP contribution in [0.3, 0.4) is 0 Å². The summed E-state index contributed by atoms with van der Waals surface area (Å²) in [4.78, 5) is 0. The number of aromatic nitrogens is 2. The second-order valence-electron chi connectivity index (χ2n) is 9.70. The molecular weight excluding hydrogens is 464 g/mol. The summed E-state index contributed by atoms with van der Waals surface area (Å²) in [5.41, 5.74) is 5.41. The molecule has 186 valence electrons. The topological polar surface area (TPSA) is 9.86 Å². The van der Waals surface area contributed by atoms with Crippen LogP contribution in [0.5, 0.6) is 0 Å². The first-order valence-electron chi connectivity index (χ1n) is 13.5. The molecule has 3 heteroatoms. The van der Waals surface area contributed by atoms with Gasteiger partial charge in [-0.25, -0.2) is 0 Å². The maximum Gasteiger partial charge on any atom is 0.0912 e. The van der Waals surface area contributed by atoms with E-state index in [4.69, 9.17) is 0 Å². The van der Waals surface area contributed by atoms with Crippen LogP contribution < -0.4 is 5.32 Å². The minimum atomic E-state index is -0.843. The fourth-order valence-corrected chi connectivity index (χ4v) is 7.78. The van der Waals surface area contributed by atoms with Crippen molar-refractivity contribution in [3.63, 3.8) is 0 Å². The Morgan fingerprint density at radius 1 is 0.541 bits per heavy atom. The van der Waals surface area contributed by atoms with Crippen molar-refractivity contribution in [3.8, 4) is 0 Å². The fourth-order valence-electron chi connectivity index (χ4n) is 5.28. The van der Waals surface area contributed by atoms with Gasteiger partial charge in [-0.1, -0.05) is 123 Å². The van der Waals surface area contributed by atoms with Gasteiger partial charge in [-0.3, -0.25) is 0 Å². The second-order valence-corrected chi connectivity index (χ2v) is 13.3. The van der Waals surface area contributed by atoms with Crippen molar-refractivity contribution in [3.05, 3.63) is 139 Å². The quantitative estimate of drug-likeness (QED) is 0.198. The van der Waals surface area contributed by atoms with Gasteiger partial charge in [0.15, 0.2) is 0 Å². The lowest BCUT2D eigenvalue weighted by atomic mass is 10.2. The second kappa shape index (κ2) is 11.9. The molecular formula is C34H36N2Si. The molecule has 0 aliphatic carbocycles. The lowest BCUT2D eigenvalue weighted by molar-refractivity contribution is 0.837. The van der Waals surface area contributed by atoms with E-state index < -0.39 is 8.80 Å². The zero-order valence-electron chi connectivity index (χ0n) is 21.9. The number of benzene rings is 4. The third-order valence-corrected chi connectivity index (χ3v) is 10.6. The molecule has 0 aliphatic heterocycles. The first-order valence-corrected chi connectivity index (χ1v) is 15.7. The molecule has 4 aromatic carbocycles. The number of hydrogen-bond acceptors (Lipinski definition) is 0. The smallest absolute Gasteiger partial charge is 0.0912 e. The maximum absolute atomic E-state index is 2.56. The molecule has 6 aromatic rings. The summed E-state index contributed by atoms with van der Waals surface area (Å²) in [5.74, 6) is 0. The van der Waals surface area contributed by atoms with E-state index in [0.29, 0.717) is 0 Å².